The minimum atomic E-state index is -0.319. The molecule has 1 amide bonds. The third kappa shape index (κ3) is 3.18. The molecule has 0 unspecified atom stereocenters. The molecule has 1 spiro atoms. The highest BCUT2D eigenvalue weighted by Gasteiger charge is 2.38. The van der Waals surface area contributed by atoms with Crippen LogP contribution in [0.5, 0.6) is 0 Å². The van der Waals surface area contributed by atoms with Gasteiger partial charge in [0.25, 0.3) is 5.91 Å². The summed E-state index contributed by atoms with van der Waals surface area (Å²) in [5.74, 6) is 0.965. The Bertz CT molecular complexity index is 1080. The lowest BCUT2D eigenvalue weighted by Crippen LogP contribution is -2.41. The van der Waals surface area contributed by atoms with Gasteiger partial charge in [-0.05, 0) is 43.0 Å². The number of benzene rings is 1. The summed E-state index contributed by atoms with van der Waals surface area (Å²) in [5.41, 5.74) is 4.07. The fourth-order valence-electron chi connectivity index (χ4n) is 4.28. The summed E-state index contributed by atoms with van der Waals surface area (Å²) >= 11 is 0. The molecule has 1 aromatic carbocycles. The minimum Gasteiger partial charge on any atom is -0.355 e. The number of piperidine rings is 1. The minimum absolute atomic E-state index is 0.141. The van der Waals surface area contributed by atoms with Crippen LogP contribution in [0.25, 0.3) is 6.08 Å². The lowest BCUT2D eigenvalue weighted by atomic mass is 9.74. The first-order valence-corrected chi connectivity index (χ1v) is 9.84. The van der Waals surface area contributed by atoms with E-state index < -0.39 is 0 Å². The van der Waals surface area contributed by atoms with E-state index in [4.69, 9.17) is 0 Å². The Morgan fingerprint density at radius 3 is 2.69 bits per heavy atom. The number of hydrogen-bond acceptors (Lipinski definition) is 5. The van der Waals surface area contributed by atoms with Crippen LogP contribution in [-0.4, -0.2) is 39.4 Å². The summed E-state index contributed by atoms with van der Waals surface area (Å²) in [7, 11) is 0. The molecule has 2 aliphatic rings. The van der Waals surface area contributed by atoms with Crippen molar-refractivity contribution in [3.63, 3.8) is 0 Å². The number of amides is 1. The number of nitrogens with zero attached hydrogens (tertiary/aromatic N) is 4. The molecule has 0 radical (unpaired) electrons. The number of allylic oxidation sites excluding steroid dienone is 1. The number of carbonyl (C=O) groups excluding carboxylic acids is 1. The van der Waals surface area contributed by atoms with Crippen LogP contribution in [0.4, 0.5) is 11.6 Å². The molecule has 29 heavy (non-hydrogen) atoms. The molecule has 3 aromatic rings. The zero-order valence-electron chi connectivity index (χ0n) is 16.2. The fraction of sp³-hybridized carbons (Fsp3) is 0.273. The number of aryl methyl sites for hydroxylation is 1. The molecule has 1 aliphatic carbocycles. The van der Waals surface area contributed by atoms with Gasteiger partial charge in [-0.2, -0.15) is 5.10 Å². The maximum absolute atomic E-state index is 12.3. The van der Waals surface area contributed by atoms with Crippen LogP contribution in [0, 0.1) is 6.92 Å². The predicted octanol–water partition coefficient (Wildman–Crippen LogP) is 3.33. The molecule has 1 fully saturated rings. The summed E-state index contributed by atoms with van der Waals surface area (Å²) in [5, 5.41) is 17.9. The van der Waals surface area contributed by atoms with Crippen LogP contribution >= 0.6 is 0 Å². The lowest BCUT2D eigenvalue weighted by Gasteiger charge is -2.39. The summed E-state index contributed by atoms with van der Waals surface area (Å²) in [4.78, 5) is 14.6. The number of carbonyl (C=O) groups is 1. The Balaban J connectivity index is 1.25. The van der Waals surface area contributed by atoms with Crippen molar-refractivity contribution in [2.24, 2.45) is 0 Å². The van der Waals surface area contributed by atoms with Gasteiger partial charge in [0, 0.05) is 30.3 Å². The molecule has 7 heteroatoms. The van der Waals surface area contributed by atoms with E-state index in [2.05, 4.69) is 67.0 Å². The van der Waals surface area contributed by atoms with Crippen molar-refractivity contribution in [1.82, 2.24) is 20.4 Å². The Labute approximate surface area is 168 Å². The largest absolute Gasteiger partial charge is 0.355 e. The van der Waals surface area contributed by atoms with Crippen LogP contribution in [0.15, 0.2) is 48.5 Å². The van der Waals surface area contributed by atoms with Crippen LogP contribution in [0.3, 0.4) is 0 Å². The maximum Gasteiger partial charge on any atom is 0.277 e. The summed E-state index contributed by atoms with van der Waals surface area (Å²) in [6.07, 6.45) is 6.70. The third-order valence-corrected chi connectivity index (χ3v) is 5.89. The van der Waals surface area contributed by atoms with E-state index in [1.165, 1.54) is 11.1 Å². The monoisotopic (exact) mass is 386 g/mol. The number of nitrogens with one attached hydrogen (secondary N) is 2. The van der Waals surface area contributed by atoms with Crippen molar-refractivity contribution in [1.29, 1.82) is 0 Å². The van der Waals surface area contributed by atoms with Gasteiger partial charge in [0.1, 0.15) is 0 Å². The van der Waals surface area contributed by atoms with Crippen molar-refractivity contribution in [2.75, 3.05) is 23.3 Å². The van der Waals surface area contributed by atoms with Gasteiger partial charge in [0.15, 0.2) is 17.3 Å². The molecule has 3 heterocycles. The van der Waals surface area contributed by atoms with E-state index >= 15 is 0 Å². The molecule has 2 N–H and O–H groups in total. The average molecular weight is 386 g/mol. The lowest BCUT2D eigenvalue weighted by molar-refractivity contribution is 0.102. The van der Waals surface area contributed by atoms with Gasteiger partial charge >= 0.3 is 0 Å². The zero-order valence-corrected chi connectivity index (χ0v) is 16.2. The van der Waals surface area contributed by atoms with E-state index in [-0.39, 0.29) is 17.0 Å². The van der Waals surface area contributed by atoms with Gasteiger partial charge in [-0.1, -0.05) is 36.4 Å². The van der Waals surface area contributed by atoms with Gasteiger partial charge in [-0.3, -0.25) is 9.89 Å². The quantitative estimate of drug-likeness (QED) is 0.721. The Kier molecular flexibility index (Phi) is 4.16. The second kappa shape index (κ2) is 6.84. The molecule has 5 rings (SSSR count). The average Bonchev–Trinajstić information content (AvgIpc) is 3.33. The van der Waals surface area contributed by atoms with Crippen molar-refractivity contribution in [3.8, 4) is 0 Å². The molecule has 1 aliphatic heterocycles. The Morgan fingerprint density at radius 1 is 1.14 bits per heavy atom. The molecule has 0 atom stereocenters. The molecule has 146 valence electrons. The van der Waals surface area contributed by atoms with E-state index in [0.29, 0.717) is 5.82 Å². The van der Waals surface area contributed by atoms with Crippen LogP contribution in [0.2, 0.25) is 0 Å². The van der Waals surface area contributed by atoms with E-state index in [9.17, 15) is 4.79 Å². The molecule has 0 saturated carbocycles. The molecule has 1 saturated heterocycles. The number of anilines is 2. The smallest absolute Gasteiger partial charge is 0.277 e. The first-order chi connectivity index (χ1) is 14.1. The number of rotatable bonds is 3. The summed E-state index contributed by atoms with van der Waals surface area (Å²) < 4.78 is 0. The van der Waals surface area contributed by atoms with Crippen molar-refractivity contribution < 1.29 is 4.79 Å². The van der Waals surface area contributed by atoms with Crippen LogP contribution in [-0.2, 0) is 5.41 Å². The molecular weight excluding hydrogens is 364 g/mol. The number of hydrogen-bond donors (Lipinski definition) is 2. The van der Waals surface area contributed by atoms with Crippen LogP contribution < -0.4 is 10.2 Å². The number of aromatic amines is 1. The second-order valence-corrected chi connectivity index (χ2v) is 7.73. The fourth-order valence-corrected chi connectivity index (χ4v) is 4.28. The first kappa shape index (κ1) is 17.6. The number of fused-ring (bicyclic) bond motifs is 2. The highest BCUT2D eigenvalue weighted by atomic mass is 16.2. The van der Waals surface area contributed by atoms with E-state index in [1.807, 2.05) is 13.0 Å². The number of H-pyrrole nitrogens is 1. The van der Waals surface area contributed by atoms with Gasteiger partial charge in [0.2, 0.25) is 0 Å². The van der Waals surface area contributed by atoms with Gasteiger partial charge < -0.3 is 10.2 Å². The van der Waals surface area contributed by atoms with Crippen molar-refractivity contribution in [2.45, 2.75) is 25.2 Å². The molecule has 2 aromatic heterocycles. The summed E-state index contributed by atoms with van der Waals surface area (Å²) in [6.45, 7) is 3.69. The Hall–Kier alpha value is -3.48. The Morgan fingerprint density at radius 2 is 1.97 bits per heavy atom. The highest BCUT2D eigenvalue weighted by Crippen LogP contribution is 2.43. The second-order valence-electron chi connectivity index (χ2n) is 7.73. The standard InChI is InChI=1S/C22H22N6O/c1-15-14-19(26-24-15)23-21(29)18-6-7-20(27-25-18)28-12-10-22(11-13-28)9-8-16-4-2-3-5-17(16)22/h2-9,14H,10-13H2,1H3,(H2,23,24,26,29). The molecule has 7 nitrogen and oxygen atoms in total. The normalized spacial score (nSPS) is 16.8. The van der Waals surface area contributed by atoms with Gasteiger partial charge in [-0.25, -0.2) is 0 Å². The van der Waals surface area contributed by atoms with Gasteiger partial charge in [-0.15, -0.1) is 10.2 Å². The van der Waals surface area contributed by atoms with Gasteiger partial charge in [0.05, 0.1) is 0 Å². The third-order valence-electron chi connectivity index (χ3n) is 5.89. The molecular formula is C22H22N6O. The number of aromatic nitrogens is 4. The van der Waals surface area contributed by atoms with Crippen molar-refractivity contribution in [3.05, 3.63) is 71.1 Å². The highest BCUT2D eigenvalue weighted by molar-refractivity contribution is 6.02. The maximum atomic E-state index is 12.3. The topological polar surface area (TPSA) is 86.8 Å². The van der Waals surface area contributed by atoms with Crippen molar-refractivity contribution >= 4 is 23.6 Å². The first-order valence-electron chi connectivity index (χ1n) is 9.84. The summed E-state index contributed by atoms with van der Waals surface area (Å²) in [6, 6.07) is 14.0. The van der Waals surface area contributed by atoms with E-state index in [1.54, 1.807) is 12.1 Å². The predicted molar refractivity (Wildman–Crippen MR) is 112 cm³/mol. The zero-order chi connectivity index (χ0) is 19.8. The molecule has 0 bridgehead atoms. The SMILES string of the molecule is Cc1cc(NC(=O)c2ccc(N3CCC4(C=Cc5ccccc54)CC3)nn2)n[nH]1. The van der Waals surface area contributed by atoms with E-state index in [0.717, 1.165) is 37.4 Å². The van der Waals surface area contributed by atoms with Crippen LogP contribution in [0.1, 0.15) is 40.2 Å².